The molecule has 1 aromatic rings. The van der Waals surface area contributed by atoms with E-state index < -0.39 is 0 Å². The quantitative estimate of drug-likeness (QED) is 0.915. The summed E-state index contributed by atoms with van der Waals surface area (Å²) in [5.74, 6) is 3.63. The van der Waals surface area contributed by atoms with Crippen molar-refractivity contribution < 1.29 is 4.42 Å². The predicted molar refractivity (Wildman–Crippen MR) is 86.3 cm³/mol. The van der Waals surface area contributed by atoms with Crippen molar-refractivity contribution in [1.29, 1.82) is 0 Å². The highest BCUT2D eigenvalue weighted by molar-refractivity contribution is 5.12. The van der Waals surface area contributed by atoms with Crippen molar-refractivity contribution >= 4 is 0 Å². The van der Waals surface area contributed by atoms with E-state index >= 15 is 0 Å². The van der Waals surface area contributed by atoms with Crippen molar-refractivity contribution in [3.63, 3.8) is 0 Å². The lowest BCUT2D eigenvalue weighted by Crippen LogP contribution is -2.65. The molecule has 1 aliphatic carbocycles. The van der Waals surface area contributed by atoms with Gasteiger partial charge < -0.3 is 9.73 Å². The van der Waals surface area contributed by atoms with Crippen molar-refractivity contribution in [3.05, 3.63) is 23.7 Å². The summed E-state index contributed by atoms with van der Waals surface area (Å²) in [5, 5.41) is 3.86. The molecule has 118 valence electrons. The largest absolute Gasteiger partial charge is 0.465 e. The molecule has 1 N–H and O–H groups in total. The van der Waals surface area contributed by atoms with Crippen molar-refractivity contribution in [1.82, 2.24) is 10.2 Å². The van der Waals surface area contributed by atoms with Gasteiger partial charge in [0.1, 0.15) is 11.5 Å². The number of nitrogens with zero attached hydrogens (tertiary/aromatic N) is 1. The molecular weight excluding hydrogens is 260 g/mol. The number of nitrogens with one attached hydrogen (secondary N) is 1. The van der Waals surface area contributed by atoms with Crippen LogP contribution >= 0.6 is 0 Å². The van der Waals surface area contributed by atoms with E-state index in [0.29, 0.717) is 18.0 Å². The van der Waals surface area contributed by atoms with Crippen LogP contribution in [0.15, 0.2) is 16.5 Å². The molecule has 1 saturated carbocycles. The Hall–Kier alpha value is -0.800. The maximum absolute atomic E-state index is 5.91. The third-order valence-electron chi connectivity index (χ3n) is 5.57. The van der Waals surface area contributed by atoms with Gasteiger partial charge in [0.15, 0.2) is 0 Å². The molecule has 3 heteroatoms. The Balaban J connectivity index is 1.82. The summed E-state index contributed by atoms with van der Waals surface area (Å²) in [6.07, 6.45) is 2.77. The van der Waals surface area contributed by atoms with Crippen LogP contribution in [0.25, 0.3) is 0 Å². The molecule has 3 unspecified atom stereocenters. The van der Waals surface area contributed by atoms with Crippen LogP contribution in [-0.4, -0.2) is 29.6 Å². The summed E-state index contributed by atoms with van der Waals surface area (Å²) in [6, 6.07) is 5.16. The maximum Gasteiger partial charge on any atom is 0.121 e. The molecule has 1 aromatic heterocycles. The lowest BCUT2D eigenvalue weighted by Gasteiger charge is -2.50. The second kappa shape index (κ2) is 5.44. The highest BCUT2D eigenvalue weighted by Crippen LogP contribution is 2.43. The van der Waals surface area contributed by atoms with Gasteiger partial charge in [-0.1, -0.05) is 13.8 Å². The molecule has 0 aromatic carbocycles. The zero-order chi connectivity index (χ0) is 15.2. The van der Waals surface area contributed by atoms with Gasteiger partial charge in [-0.2, -0.15) is 0 Å². The fourth-order valence-corrected chi connectivity index (χ4v) is 3.89. The number of rotatable bonds is 4. The first-order valence-electron chi connectivity index (χ1n) is 8.48. The van der Waals surface area contributed by atoms with Gasteiger partial charge in [0.2, 0.25) is 0 Å². The van der Waals surface area contributed by atoms with Gasteiger partial charge in [-0.25, -0.2) is 0 Å². The third-order valence-corrected chi connectivity index (χ3v) is 5.57. The molecule has 3 rings (SSSR count). The molecule has 0 radical (unpaired) electrons. The first-order chi connectivity index (χ1) is 9.90. The maximum atomic E-state index is 5.91. The molecule has 1 saturated heterocycles. The van der Waals surface area contributed by atoms with Gasteiger partial charge in [-0.05, 0) is 57.6 Å². The van der Waals surface area contributed by atoms with E-state index in [1.165, 1.54) is 12.8 Å². The Morgan fingerprint density at radius 2 is 2.00 bits per heavy atom. The van der Waals surface area contributed by atoms with Crippen molar-refractivity contribution in [2.45, 2.75) is 65.1 Å². The SMILES string of the molecule is Cc1ccc(C(C)N2CC(C)(C3CC3)NCC2C(C)C)o1. The van der Waals surface area contributed by atoms with E-state index in [9.17, 15) is 0 Å². The minimum Gasteiger partial charge on any atom is -0.465 e. The first kappa shape index (κ1) is 15.1. The number of piperazine rings is 1. The number of hydrogen-bond acceptors (Lipinski definition) is 3. The highest BCUT2D eigenvalue weighted by Gasteiger charge is 2.47. The van der Waals surface area contributed by atoms with E-state index in [1.54, 1.807) is 0 Å². The number of hydrogen-bond donors (Lipinski definition) is 1. The zero-order valence-corrected chi connectivity index (χ0v) is 14.1. The van der Waals surface area contributed by atoms with Crippen LogP contribution in [0.3, 0.4) is 0 Å². The van der Waals surface area contributed by atoms with Gasteiger partial charge in [0, 0.05) is 24.7 Å². The third kappa shape index (κ3) is 2.91. The standard InChI is InChI=1S/C18H30N2O/c1-12(2)16-10-19-18(5,15-7-8-15)11-20(16)14(4)17-9-6-13(3)21-17/h6,9,12,14-16,19H,7-8,10-11H2,1-5H3. The molecule has 3 nitrogen and oxygen atoms in total. The monoisotopic (exact) mass is 290 g/mol. The van der Waals surface area contributed by atoms with Crippen LogP contribution in [0.4, 0.5) is 0 Å². The van der Waals surface area contributed by atoms with Gasteiger partial charge in [0.25, 0.3) is 0 Å². The Bertz CT molecular complexity index is 491. The van der Waals surface area contributed by atoms with E-state index in [-0.39, 0.29) is 5.54 Å². The Labute approximate surface area is 129 Å². The van der Waals surface area contributed by atoms with Gasteiger partial charge in [0.05, 0.1) is 6.04 Å². The van der Waals surface area contributed by atoms with E-state index in [1.807, 2.05) is 6.92 Å². The fourth-order valence-electron chi connectivity index (χ4n) is 3.89. The summed E-state index contributed by atoms with van der Waals surface area (Å²) < 4.78 is 5.91. The Morgan fingerprint density at radius 1 is 1.29 bits per heavy atom. The van der Waals surface area contributed by atoms with Gasteiger partial charge in [-0.3, -0.25) is 4.90 Å². The molecule has 21 heavy (non-hydrogen) atoms. The minimum atomic E-state index is 0.279. The van der Waals surface area contributed by atoms with E-state index in [4.69, 9.17) is 4.42 Å². The van der Waals surface area contributed by atoms with Crippen LogP contribution in [0.2, 0.25) is 0 Å². The molecule has 0 spiro atoms. The van der Waals surface area contributed by atoms with E-state index in [0.717, 1.165) is 30.5 Å². The lowest BCUT2D eigenvalue weighted by atomic mass is 9.87. The number of aryl methyl sites for hydroxylation is 1. The zero-order valence-electron chi connectivity index (χ0n) is 14.1. The first-order valence-corrected chi connectivity index (χ1v) is 8.48. The van der Waals surface area contributed by atoms with Crippen LogP contribution in [0.1, 0.15) is 58.1 Å². The van der Waals surface area contributed by atoms with Crippen molar-refractivity contribution in [2.24, 2.45) is 11.8 Å². The summed E-state index contributed by atoms with van der Waals surface area (Å²) in [5.41, 5.74) is 0.279. The Kier molecular flexibility index (Phi) is 3.91. The van der Waals surface area contributed by atoms with Crippen LogP contribution in [0, 0.1) is 18.8 Å². The minimum absolute atomic E-state index is 0.279. The van der Waals surface area contributed by atoms with Crippen LogP contribution in [0.5, 0.6) is 0 Å². The number of furan rings is 1. The molecular formula is C18H30N2O. The highest BCUT2D eigenvalue weighted by atomic mass is 16.3. The van der Waals surface area contributed by atoms with Crippen LogP contribution < -0.4 is 5.32 Å². The molecule has 2 heterocycles. The molecule has 1 aliphatic heterocycles. The van der Waals surface area contributed by atoms with Crippen molar-refractivity contribution in [3.8, 4) is 0 Å². The van der Waals surface area contributed by atoms with Gasteiger partial charge in [-0.15, -0.1) is 0 Å². The molecule has 2 fully saturated rings. The summed E-state index contributed by atoms with van der Waals surface area (Å²) in [4.78, 5) is 2.68. The summed E-state index contributed by atoms with van der Waals surface area (Å²) in [6.45, 7) is 13.6. The lowest BCUT2D eigenvalue weighted by molar-refractivity contribution is 0.0164. The second-order valence-electron chi connectivity index (χ2n) is 7.68. The van der Waals surface area contributed by atoms with Crippen molar-refractivity contribution in [2.75, 3.05) is 13.1 Å². The molecule has 0 amide bonds. The normalized spacial score (nSPS) is 32.6. The van der Waals surface area contributed by atoms with Gasteiger partial charge >= 0.3 is 0 Å². The predicted octanol–water partition coefficient (Wildman–Crippen LogP) is 3.75. The Morgan fingerprint density at radius 3 is 2.52 bits per heavy atom. The smallest absolute Gasteiger partial charge is 0.121 e. The summed E-state index contributed by atoms with van der Waals surface area (Å²) in [7, 11) is 0. The second-order valence-corrected chi connectivity index (χ2v) is 7.68. The molecule has 2 aliphatic rings. The van der Waals surface area contributed by atoms with E-state index in [2.05, 4.69) is 50.0 Å². The average molecular weight is 290 g/mol. The fraction of sp³-hybridized carbons (Fsp3) is 0.778. The molecule has 3 atom stereocenters. The molecule has 0 bridgehead atoms. The van der Waals surface area contributed by atoms with Crippen LogP contribution in [-0.2, 0) is 0 Å². The average Bonchev–Trinajstić information content (AvgIpc) is 3.21. The summed E-state index contributed by atoms with van der Waals surface area (Å²) >= 11 is 0. The topological polar surface area (TPSA) is 28.4 Å².